The predicted octanol–water partition coefficient (Wildman–Crippen LogP) is 1.62. The van der Waals surface area contributed by atoms with Crippen molar-refractivity contribution in [3.05, 3.63) is 10.2 Å². The molecule has 19 heavy (non-hydrogen) atoms. The van der Waals surface area contributed by atoms with Gasteiger partial charge in [0.15, 0.2) is 8.68 Å². The second kappa shape index (κ2) is 4.96. The van der Waals surface area contributed by atoms with Crippen LogP contribution in [0.4, 0.5) is 0 Å². The van der Waals surface area contributed by atoms with E-state index in [1.165, 1.54) is 0 Å². The highest BCUT2D eigenvalue weighted by atomic mass is 35.5. The maximum Gasteiger partial charge on any atom is 0.252 e. The molecule has 0 spiro atoms. The van der Waals surface area contributed by atoms with Gasteiger partial charge >= 0.3 is 0 Å². The number of sulfonamides is 1. The smallest absolute Gasteiger partial charge is 0.252 e. The maximum atomic E-state index is 12.4. The van der Waals surface area contributed by atoms with Crippen LogP contribution in [0, 0.1) is 6.92 Å². The average Bonchev–Trinajstić information content (AvgIpc) is 2.97. The molecule has 2 saturated heterocycles. The Bertz CT molecular complexity index is 587. The Balaban J connectivity index is 1.80. The molecule has 1 N–H and O–H groups in total. The van der Waals surface area contributed by atoms with Crippen LogP contribution in [0.15, 0.2) is 4.21 Å². The minimum Gasteiger partial charge on any atom is -0.299 e. The monoisotopic (exact) mass is 321 g/mol. The summed E-state index contributed by atoms with van der Waals surface area (Å²) < 4.78 is 28.1. The van der Waals surface area contributed by atoms with Gasteiger partial charge in [-0.1, -0.05) is 22.9 Å². The van der Waals surface area contributed by atoms with E-state index in [2.05, 4.69) is 14.6 Å². The molecule has 2 fully saturated rings. The fraction of sp³-hybridized carbons (Fsp3) is 0.727. The van der Waals surface area contributed by atoms with Crippen molar-refractivity contribution >= 4 is 33.0 Å². The first kappa shape index (κ1) is 13.8. The Kier molecular flexibility index (Phi) is 3.59. The number of halogens is 1. The Morgan fingerprint density at radius 3 is 2.89 bits per heavy atom. The zero-order chi connectivity index (χ0) is 13.6. The Morgan fingerprint density at radius 2 is 2.21 bits per heavy atom. The van der Waals surface area contributed by atoms with Crippen LogP contribution in [0.1, 0.15) is 25.0 Å². The summed E-state index contributed by atoms with van der Waals surface area (Å²) in [5.41, 5.74) is 0.476. The first-order valence-corrected chi connectivity index (χ1v) is 9.04. The summed E-state index contributed by atoms with van der Waals surface area (Å²) in [7, 11) is -3.50. The SMILES string of the molecule is Cc1nc(Cl)sc1S(=O)(=O)NC1CCN2CCCC12. The van der Waals surface area contributed by atoms with Crippen LogP contribution in [0.2, 0.25) is 4.47 Å². The third kappa shape index (κ3) is 2.54. The highest BCUT2D eigenvalue weighted by Gasteiger charge is 2.39. The van der Waals surface area contributed by atoms with E-state index in [0.717, 1.165) is 43.7 Å². The molecule has 0 bridgehead atoms. The van der Waals surface area contributed by atoms with Crippen molar-refractivity contribution in [3.63, 3.8) is 0 Å². The number of nitrogens with one attached hydrogen (secondary N) is 1. The lowest BCUT2D eigenvalue weighted by molar-refractivity contribution is 0.309. The van der Waals surface area contributed by atoms with Gasteiger partial charge in [-0.3, -0.25) is 4.90 Å². The minimum absolute atomic E-state index is 0.0211. The van der Waals surface area contributed by atoms with Gasteiger partial charge in [0.1, 0.15) is 0 Å². The molecule has 0 radical (unpaired) electrons. The summed E-state index contributed by atoms with van der Waals surface area (Å²) in [5, 5.41) is 0. The van der Waals surface area contributed by atoms with Crippen molar-refractivity contribution in [3.8, 4) is 0 Å². The molecule has 2 aliphatic rings. The highest BCUT2D eigenvalue weighted by Crippen LogP contribution is 2.31. The summed E-state index contributed by atoms with van der Waals surface area (Å²) in [6, 6.07) is 0.381. The molecule has 0 aromatic carbocycles. The third-order valence-corrected chi connectivity index (χ3v) is 7.25. The zero-order valence-electron chi connectivity index (χ0n) is 10.6. The van der Waals surface area contributed by atoms with Crippen molar-refractivity contribution < 1.29 is 8.42 Å². The molecule has 1 aromatic rings. The molecule has 0 saturated carbocycles. The zero-order valence-corrected chi connectivity index (χ0v) is 13.0. The molecule has 3 heterocycles. The lowest BCUT2D eigenvalue weighted by Crippen LogP contribution is -2.42. The fourth-order valence-electron chi connectivity index (χ4n) is 3.07. The lowest BCUT2D eigenvalue weighted by Gasteiger charge is -2.20. The minimum atomic E-state index is -3.50. The van der Waals surface area contributed by atoms with Gasteiger partial charge in [-0.15, -0.1) is 0 Å². The van der Waals surface area contributed by atoms with Crippen LogP contribution < -0.4 is 4.72 Å². The van der Waals surface area contributed by atoms with Crippen molar-refractivity contribution in [2.75, 3.05) is 13.1 Å². The number of hydrogen-bond donors (Lipinski definition) is 1. The number of aromatic nitrogens is 1. The van der Waals surface area contributed by atoms with Gasteiger partial charge in [0.25, 0.3) is 10.0 Å². The molecule has 2 unspecified atom stereocenters. The number of thiazole rings is 1. The lowest BCUT2D eigenvalue weighted by atomic mass is 10.1. The largest absolute Gasteiger partial charge is 0.299 e. The number of rotatable bonds is 3. The molecule has 106 valence electrons. The first-order chi connectivity index (χ1) is 8.97. The van der Waals surface area contributed by atoms with E-state index in [1.54, 1.807) is 6.92 Å². The number of fused-ring (bicyclic) bond motifs is 1. The number of aryl methyl sites for hydroxylation is 1. The van der Waals surface area contributed by atoms with E-state index in [-0.39, 0.29) is 14.7 Å². The van der Waals surface area contributed by atoms with Crippen molar-refractivity contribution in [1.82, 2.24) is 14.6 Å². The van der Waals surface area contributed by atoms with Crippen LogP contribution in [-0.2, 0) is 10.0 Å². The third-order valence-electron chi connectivity index (χ3n) is 3.88. The van der Waals surface area contributed by atoms with Gasteiger partial charge in [-0.25, -0.2) is 18.1 Å². The summed E-state index contributed by atoms with van der Waals surface area (Å²) in [5.74, 6) is 0. The Morgan fingerprint density at radius 1 is 1.42 bits per heavy atom. The van der Waals surface area contributed by atoms with Gasteiger partial charge in [0.05, 0.1) is 5.69 Å². The van der Waals surface area contributed by atoms with Crippen LogP contribution in [0.25, 0.3) is 0 Å². The molecule has 2 atom stereocenters. The Hall–Kier alpha value is -0.210. The quantitative estimate of drug-likeness (QED) is 0.919. The van der Waals surface area contributed by atoms with E-state index in [9.17, 15) is 8.42 Å². The molecule has 8 heteroatoms. The number of nitrogens with zero attached hydrogens (tertiary/aromatic N) is 2. The second-order valence-electron chi connectivity index (χ2n) is 5.10. The normalized spacial score (nSPS) is 27.9. The molecule has 0 aliphatic carbocycles. The predicted molar refractivity (Wildman–Crippen MR) is 75.2 cm³/mol. The fourth-order valence-corrected chi connectivity index (χ4v) is 6.13. The first-order valence-electron chi connectivity index (χ1n) is 6.37. The maximum absolute atomic E-state index is 12.4. The van der Waals surface area contributed by atoms with Crippen LogP contribution in [0.3, 0.4) is 0 Å². The van der Waals surface area contributed by atoms with Gasteiger partial charge in [-0.2, -0.15) is 0 Å². The number of hydrogen-bond acceptors (Lipinski definition) is 5. The average molecular weight is 322 g/mol. The van der Waals surface area contributed by atoms with Crippen LogP contribution in [0.5, 0.6) is 0 Å². The summed E-state index contributed by atoms with van der Waals surface area (Å²) >= 11 is 6.80. The molecule has 1 aromatic heterocycles. The van der Waals surface area contributed by atoms with E-state index < -0.39 is 10.0 Å². The van der Waals surface area contributed by atoms with Crippen molar-refractivity contribution in [2.45, 2.75) is 42.5 Å². The van der Waals surface area contributed by atoms with Crippen LogP contribution >= 0.6 is 22.9 Å². The van der Waals surface area contributed by atoms with Gasteiger partial charge in [0, 0.05) is 18.6 Å². The van der Waals surface area contributed by atoms with E-state index >= 15 is 0 Å². The molecule has 3 rings (SSSR count). The molecule has 5 nitrogen and oxygen atoms in total. The molecule has 0 amide bonds. The summed E-state index contributed by atoms with van der Waals surface area (Å²) in [6.45, 7) is 3.75. The topological polar surface area (TPSA) is 62.3 Å². The molecular formula is C11H16ClN3O2S2. The van der Waals surface area contributed by atoms with Gasteiger partial charge < -0.3 is 0 Å². The van der Waals surface area contributed by atoms with Gasteiger partial charge in [0.2, 0.25) is 0 Å². The molecule has 2 aliphatic heterocycles. The van der Waals surface area contributed by atoms with E-state index in [0.29, 0.717) is 11.7 Å². The Labute approximate surface area is 122 Å². The second-order valence-corrected chi connectivity index (χ2v) is 8.59. The molecular weight excluding hydrogens is 306 g/mol. The van der Waals surface area contributed by atoms with Crippen molar-refractivity contribution in [2.24, 2.45) is 0 Å². The van der Waals surface area contributed by atoms with Crippen molar-refractivity contribution in [1.29, 1.82) is 0 Å². The van der Waals surface area contributed by atoms with E-state index in [1.807, 2.05) is 0 Å². The summed E-state index contributed by atoms with van der Waals surface area (Å²) in [4.78, 5) is 6.35. The van der Waals surface area contributed by atoms with Crippen LogP contribution in [-0.4, -0.2) is 43.5 Å². The van der Waals surface area contributed by atoms with E-state index in [4.69, 9.17) is 11.6 Å². The summed E-state index contributed by atoms with van der Waals surface area (Å²) in [6.07, 6.45) is 3.12. The highest BCUT2D eigenvalue weighted by molar-refractivity contribution is 7.91. The standard InChI is InChI=1S/C11H16ClN3O2S2/c1-7-10(18-11(12)13-7)19(16,17)14-8-4-6-15-5-2-3-9(8)15/h8-9,14H,2-6H2,1H3. The van der Waals surface area contributed by atoms with Gasteiger partial charge in [-0.05, 0) is 32.7 Å².